The number of benzene rings is 1. The van der Waals surface area contributed by atoms with Crippen molar-refractivity contribution in [2.24, 2.45) is 0 Å². The van der Waals surface area contributed by atoms with E-state index in [9.17, 15) is 13.2 Å². The fraction of sp³-hybridized carbons (Fsp3) is 0.500. The van der Waals surface area contributed by atoms with E-state index in [1.54, 1.807) is 11.0 Å². The van der Waals surface area contributed by atoms with Crippen LogP contribution in [0.4, 0.5) is 18.9 Å². The molecule has 1 aromatic carbocycles. The summed E-state index contributed by atoms with van der Waals surface area (Å²) in [4.78, 5) is 1.68. The summed E-state index contributed by atoms with van der Waals surface area (Å²) >= 11 is 5.57. The van der Waals surface area contributed by atoms with Crippen molar-refractivity contribution in [3.05, 3.63) is 29.3 Å². The largest absolute Gasteiger partial charge is 0.418 e. The minimum Gasteiger partial charge on any atom is -0.372 e. The lowest BCUT2D eigenvalue weighted by molar-refractivity contribution is -0.137. The summed E-state index contributed by atoms with van der Waals surface area (Å²) in [5.74, 6) is 0.0849. The highest BCUT2D eigenvalue weighted by Crippen LogP contribution is 2.37. The molecular weight excluding hydrogens is 251 g/mol. The van der Waals surface area contributed by atoms with Gasteiger partial charge in [0.15, 0.2) is 0 Å². The Balaban J connectivity index is 3.29. The van der Waals surface area contributed by atoms with Crippen molar-refractivity contribution in [1.82, 2.24) is 0 Å². The average Bonchev–Trinajstić information content (AvgIpc) is 2.29. The highest BCUT2D eigenvalue weighted by molar-refractivity contribution is 6.17. The zero-order chi connectivity index (χ0) is 13.1. The summed E-state index contributed by atoms with van der Waals surface area (Å²) in [6.45, 7) is 4.75. The van der Waals surface area contributed by atoms with Gasteiger partial charge in [-0.25, -0.2) is 0 Å². The second-order valence-electron chi connectivity index (χ2n) is 3.66. The van der Waals surface area contributed by atoms with Gasteiger partial charge in [-0.05, 0) is 31.5 Å². The van der Waals surface area contributed by atoms with Crippen LogP contribution in [0.2, 0.25) is 0 Å². The summed E-state index contributed by atoms with van der Waals surface area (Å²) < 4.78 is 38.8. The third-order valence-corrected chi connectivity index (χ3v) is 2.93. The Morgan fingerprint density at radius 2 is 1.76 bits per heavy atom. The Morgan fingerprint density at radius 3 is 2.18 bits per heavy atom. The number of halogens is 4. The molecular formula is C12H15ClF3N. The maximum Gasteiger partial charge on any atom is 0.418 e. The van der Waals surface area contributed by atoms with E-state index >= 15 is 0 Å². The summed E-state index contributed by atoms with van der Waals surface area (Å²) in [6, 6.07) is 4.25. The highest BCUT2D eigenvalue weighted by atomic mass is 35.5. The van der Waals surface area contributed by atoms with Crippen molar-refractivity contribution in [2.45, 2.75) is 25.9 Å². The molecule has 5 heteroatoms. The molecule has 0 bridgehead atoms. The molecule has 0 aromatic heterocycles. The molecule has 1 aromatic rings. The fourth-order valence-corrected chi connectivity index (χ4v) is 1.90. The second kappa shape index (κ2) is 5.63. The molecule has 0 aliphatic carbocycles. The summed E-state index contributed by atoms with van der Waals surface area (Å²) in [7, 11) is 0. The molecule has 0 heterocycles. The van der Waals surface area contributed by atoms with Crippen molar-refractivity contribution >= 4 is 17.3 Å². The van der Waals surface area contributed by atoms with Gasteiger partial charge in [0, 0.05) is 24.7 Å². The fourth-order valence-electron chi connectivity index (χ4n) is 1.73. The molecule has 0 saturated carbocycles. The molecule has 0 radical (unpaired) electrons. The zero-order valence-electron chi connectivity index (χ0n) is 9.81. The predicted octanol–water partition coefficient (Wildman–Crippen LogP) is 4.29. The first-order valence-corrected chi connectivity index (χ1v) is 5.98. The van der Waals surface area contributed by atoms with Gasteiger partial charge in [0.05, 0.1) is 5.56 Å². The zero-order valence-corrected chi connectivity index (χ0v) is 10.6. The van der Waals surface area contributed by atoms with E-state index < -0.39 is 11.7 Å². The molecule has 96 valence electrons. The van der Waals surface area contributed by atoms with E-state index in [0.717, 1.165) is 6.07 Å². The van der Waals surface area contributed by atoms with E-state index in [1.807, 2.05) is 13.8 Å². The Labute approximate surface area is 104 Å². The van der Waals surface area contributed by atoms with Gasteiger partial charge in [0.2, 0.25) is 0 Å². The number of hydrogen-bond donors (Lipinski definition) is 0. The van der Waals surface area contributed by atoms with E-state index in [4.69, 9.17) is 11.6 Å². The predicted molar refractivity (Wildman–Crippen MR) is 64.6 cm³/mol. The molecule has 0 fully saturated rings. The molecule has 0 spiro atoms. The molecule has 0 unspecified atom stereocenters. The number of hydrogen-bond acceptors (Lipinski definition) is 1. The minimum absolute atomic E-state index is 0.0849. The lowest BCUT2D eigenvalue weighted by atomic mass is 10.1. The van der Waals surface area contributed by atoms with Crippen LogP contribution in [0.25, 0.3) is 0 Å². The van der Waals surface area contributed by atoms with Crippen LogP contribution < -0.4 is 4.90 Å². The molecule has 17 heavy (non-hydrogen) atoms. The lowest BCUT2D eigenvalue weighted by Gasteiger charge is -2.25. The Bertz CT molecular complexity index is 373. The topological polar surface area (TPSA) is 3.24 Å². The number of rotatable bonds is 4. The van der Waals surface area contributed by atoms with Crippen LogP contribution in [0.3, 0.4) is 0 Å². The van der Waals surface area contributed by atoms with Crippen LogP contribution in [-0.4, -0.2) is 13.1 Å². The molecule has 0 amide bonds. The molecule has 0 aliphatic rings. The molecule has 0 atom stereocenters. The second-order valence-corrected chi connectivity index (χ2v) is 3.92. The maximum atomic E-state index is 12.9. The summed E-state index contributed by atoms with van der Waals surface area (Å²) in [6.07, 6.45) is -4.35. The van der Waals surface area contributed by atoms with Gasteiger partial charge in [-0.3, -0.25) is 0 Å². The van der Waals surface area contributed by atoms with Crippen molar-refractivity contribution < 1.29 is 13.2 Å². The third-order valence-electron chi connectivity index (χ3n) is 2.62. The van der Waals surface area contributed by atoms with Crippen molar-refractivity contribution in [1.29, 1.82) is 0 Å². The monoisotopic (exact) mass is 265 g/mol. The highest BCUT2D eigenvalue weighted by Gasteiger charge is 2.34. The Morgan fingerprint density at radius 1 is 1.18 bits per heavy atom. The summed E-state index contributed by atoms with van der Waals surface area (Å²) in [5.41, 5.74) is 0.0885. The van der Waals surface area contributed by atoms with E-state index in [-0.39, 0.29) is 11.6 Å². The van der Waals surface area contributed by atoms with Crippen LogP contribution in [-0.2, 0) is 12.1 Å². The van der Waals surface area contributed by atoms with Gasteiger partial charge in [0.25, 0.3) is 0 Å². The summed E-state index contributed by atoms with van der Waals surface area (Å²) in [5, 5.41) is 0. The van der Waals surface area contributed by atoms with Gasteiger partial charge in [-0.1, -0.05) is 6.07 Å². The van der Waals surface area contributed by atoms with Gasteiger partial charge in [0.1, 0.15) is 0 Å². The third kappa shape index (κ3) is 3.28. The normalized spacial score (nSPS) is 11.6. The number of alkyl halides is 4. The van der Waals surface area contributed by atoms with Gasteiger partial charge in [-0.15, -0.1) is 11.6 Å². The molecule has 1 nitrogen and oxygen atoms in total. The first-order chi connectivity index (χ1) is 7.93. The average molecular weight is 266 g/mol. The van der Waals surface area contributed by atoms with Crippen LogP contribution >= 0.6 is 11.6 Å². The molecule has 0 N–H and O–H groups in total. The minimum atomic E-state index is -4.35. The Hall–Kier alpha value is -0.900. The number of anilines is 1. The van der Waals surface area contributed by atoms with Crippen molar-refractivity contribution in [3.63, 3.8) is 0 Å². The first-order valence-electron chi connectivity index (χ1n) is 5.45. The van der Waals surface area contributed by atoms with Crippen LogP contribution in [0.15, 0.2) is 18.2 Å². The van der Waals surface area contributed by atoms with Crippen LogP contribution in [0.5, 0.6) is 0 Å². The van der Waals surface area contributed by atoms with Gasteiger partial charge < -0.3 is 4.90 Å². The molecule has 0 saturated heterocycles. The van der Waals surface area contributed by atoms with Crippen molar-refractivity contribution in [3.8, 4) is 0 Å². The molecule has 0 aliphatic heterocycles. The van der Waals surface area contributed by atoms with E-state index in [2.05, 4.69) is 0 Å². The van der Waals surface area contributed by atoms with Gasteiger partial charge in [-0.2, -0.15) is 13.2 Å². The standard InChI is InChI=1S/C12H15ClF3N/c1-3-17(4-2)11-6-5-9(8-13)7-10(11)12(14,15)16/h5-7H,3-4,8H2,1-2H3. The van der Waals surface area contributed by atoms with Crippen LogP contribution in [0, 0.1) is 0 Å². The smallest absolute Gasteiger partial charge is 0.372 e. The SMILES string of the molecule is CCN(CC)c1ccc(CCl)cc1C(F)(F)F. The maximum absolute atomic E-state index is 12.9. The first kappa shape index (κ1) is 14.2. The van der Waals surface area contributed by atoms with Crippen LogP contribution in [0.1, 0.15) is 25.0 Å². The lowest BCUT2D eigenvalue weighted by Crippen LogP contribution is -2.25. The van der Waals surface area contributed by atoms with Crippen molar-refractivity contribution in [2.75, 3.05) is 18.0 Å². The quantitative estimate of drug-likeness (QED) is 0.734. The van der Waals surface area contributed by atoms with Gasteiger partial charge >= 0.3 is 6.18 Å². The van der Waals surface area contributed by atoms with E-state index in [0.29, 0.717) is 18.7 Å². The Kier molecular flexibility index (Phi) is 4.69. The number of nitrogens with zero attached hydrogens (tertiary/aromatic N) is 1. The molecule has 1 rings (SSSR count). The van der Waals surface area contributed by atoms with E-state index in [1.165, 1.54) is 6.07 Å².